The van der Waals surface area contributed by atoms with Gasteiger partial charge in [0, 0.05) is 10.5 Å². The minimum atomic E-state index is 0.00433. The van der Waals surface area contributed by atoms with Crippen molar-refractivity contribution in [1.29, 1.82) is 0 Å². The van der Waals surface area contributed by atoms with Crippen LogP contribution in [0.25, 0.3) is 0 Å². The number of methoxy groups -OCH3 is 1. The lowest BCUT2D eigenvalue weighted by Gasteiger charge is -2.22. The number of likely N-dealkylation sites (N-methyl/N-ethyl adjacent to an activating group) is 1. The maximum absolute atomic E-state index is 12.2. The number of halogens is 1. The Balaban J connectivity index is 1.89. The molecule has 0 radical (unpaired) electrons. The van der Waals surface area contributed by atoms with Gasteiger partial charge in [0.15, 0.2) is 0 Å². The minimum Gasteiger partial charge on any atom is -0.497 e. The lowest BCUT2D eigenvalue weighted by molar-refractivity contribution is -0.890. The molecule has 2 rings (SSSR count). The van der Waals surface area contributed by atoms with E-state index in [1.165, 1.54) is 22.2 Å². The first kappa shape index (κ1) is 19.6. The van der Waals surface area contributed by atoms with E-state index in [0.29, 0.717) is 17.3 Å². The number of amides is 1. The van der Waals surface area contributed by atoms with Crippen LogP contribution in [0.3, 0.4) is 0 Å². The molecule has 0 saturated heterocycles. The molecule has 2 aromatic carbocycles. The highest BCUT2D eigenvalue weighted by Gasteiger charge is 2.19. The minimum absolute atomic E-state index is 0.00433. The van der Waals surface area contributed by atoms with Gasteiger partial charge in [0.25, 0.3) is 0 Å². The van der Waals surface area contributed by atoms with Gasteiger partial charge in [0.1, 0.15) is 11.8 Å². The number of carbonyl (C=O) groups is 1. The quantitative estimate of drug-likeness (QED) is 0.692. The topological polar surface area (TPSA) is 42.8 Å². The third-order valence-corrected chi connectivity index (χ3v) is 5.43. The standard InChI is InChI=1S/C19H23ClN2O2S/c1-22(2)17(14-8-10-15(24-3)11-9-14)12-21-19(23)13-25-18-7-5-4-6-16(18)20/h4-11,17H,12-13H2,1-3H3,(H,21,23)/p+1/t17-/m0/s1. The molecule has 0 fully saturated rings. The van der Waals surface area contributed by atoms with E-state index >= 15 is 0 Å². The molecule has 0 aliphatic carbocycles. The van der Waals surface area contributed by atoms with Crippen molar-refractivity contribution in [3.63, 3.8) is 0 Å². The van der Waals surface area contributed by atoms with E-state index in [4.69, 9.17) is 16.3 Å². The van der Waals surface area contributed by atoms with Crippen molar-refractivity contribution in [2.45, 2.75) is 10.9 Å². The maximum atomic E-state index is 12.2. The van der Waals surface area contributed by atoms with E-state index in [0.717, 1.165) is 10.6 Å². The molecule has 2 aromatic rings. The van der Waals surface area contributed by atoms with Crippen LogP contribution < -0.4 is 15.0 Å². The molecule has 25 heavy (non-hydrogen) atoms. The summed E-state index contributed by atoms with van der Waals surface area (Å²) in [6, 6.07) is 15.7. The van der Waals surface area contributed by atoms with Crippen molar-refractivity contribution in [1.82, 2.24) is 5.32 Å². The molecule has 0 bridgehead atoms. The fourth-order valence-electron chi connectivity index (χ4n) is 2.46. The van der Waals surface area contributed by atoms with Crippen molar-refractivity contribution < 1.29 is 14.4 Å². The van der Waals surface area contributed by atoms with Crippen molar-refractivity contribution in [3.8, 4) is 5.75 Å². The summed E-state index contributed by atoms with van der Waals surface area (Å²) in [5.74, 6) is 1.18. The maximum Gasteiger partial charge on any atom is 0.230 e. The Hall–Kier alpha value is -1.69. The lowest BCUT2D eigenvalue weighted by Crippen LogP contribution is -3.07. The van der Waals surface area contributed by atoms with Gasteiger partial charge in [0.05, 0.1) is 38.5 Å². The van der Waals surface area contributed by atoms with Crippen molar-refractivity contribution in [2.75, 3.05) is 33.5 Å². The molecule has 1 atom stereocenters. The van der Waals surface area contributed by atoms with Crippen LogP contribution in [0, 0.1) is 0 Å². The second-order valence-corrected chi connectivity index (χ2v) is 7.35. The Bertz CT molecular complexity index is 692. The van der Waals surface area contributed by atoms with Crippen molar-refractivity contribution in [2.24, 2.45) is 0 Å². The van der Waals surface area contributed by atoms with Crippen LogP contribution in [0.5, 0.6) is 5.75 Å². The number of thioether (sulfide) groups is 1. The predicted octanol–water partition coefficient (Wildman–Crippen LogP) is 2.44. The first-order valence-electron chi connectivity index (χ1n) is 8.09. The van der Waals surface area contributed by atoms with Gasteiger partial charge >= 0.3 is 0 Å². The Morgan fingerprint density at radius 3 is 2.48 bits per heavy atom. The number of hydrogen-bond donors (Lipinski definition) is 2. The number of quaternary nitrogens is 1. The number of carbonyl (C=O) groups excluding carboxylic acids is 1. The summed E-state index contributed by atoms with van der Waals surface area (Å²) in [6.07, 6.45) is 0. The number of rotatable bonds is 8. The van der Waals surface area contributed by atoms with Gasteiger partial charge in [-0.2, -0.15) is 0 Å². The molecule has 1 amide bonds. The summed E-state index contributed by atoms with van der Waals surface area (Å²) in [6.45, 7) is 0.580. The number of nitrogens with one attached hydrogen (secondary N) is 2. The molecule has 0 aromatic heterocycles. The van der Waals surface area contributed by atoms with Gasteiger partial charge in [-0.05, 0) is 36.4 Å². The molecule has 0 saturated carbocycles. The average molecular weight is 380 g/mol. The van der Waals surface area contributed by atoms with Crippen LogP contribution >= 0.6 is 23.4 Å². The average Bonchev–Trinajstić information content (AvgIpc) is 2.61. The summed E-state index contributed by atoms with van der Waals surface area (Å²) >= 11 is 7.56. The normalized spacial score (nSPS) is 12.0. The molecular formula is C19H24ClN2O2S+. The van der Waals surface area contributed by atoms with Crippen molar-refractivity contribution in [3.05, 3.63) is 59.1 Å². The van der Waals surface area contributed by atoms with Gasteiger partial charge in [0.2, 0.25) is 5.91 Å². The lowest BCUT2D eigenvalue weighted by atomic mass is 10.1. The zero-order valence-electron chi connectivity index (χ0n) is 14.7. The summed E-state index contributed by atoms with van der Waals surface area (Å²) in [5.41, 5.74) is 1.17. The van der Waals surface area contributed by atoms with E-state index in [9.17, 15) is 4.79 Å². The van der Waals surface area contributed by atoms with Crippen LogP contribution in [0.4, 0.5) is 0 Å². The van der Waals surface area contributed by atoms with E-state index in [1.807, 2.05) is 48.5 Å². The molecule has 0 unspecified atom stereocenters. The molecule has 0 aliphatic heterocycles. The van der Waals surface area contributed by atoms with E-state index in [1.54, 1.807) is 7.11 Å². The van der Waals surface area contributed by atoms with E-state index in [-0.39, 0.29) is 11.9 Å². The summed E-state index contributed by atoms with van der Waals surface area (Å²) in [5, 5.41) is 3.70. The highest BCUT2D eigenvalue weighted by molar-refractivity contribution is 8.00. The van der Waals surface area contributed by atoms with Crippen LogP contribution in [0.1, 0.15) is 11.6 Å². The monoisotopic (exact) mass is 379 g/mol. The van der Waals surface area contributed by atoms with E-state index in [2.05, 4.69) is 19.4 Å². The number of hydrogen-bond acceptors (Lipinski definition) is 3. The molecule has 0 heterocycles. The Labute approximate surface area is 158 Å². The number of benzene rings is 2. The van der Waals surface area contributed by atoms with Gasteiger partial charge in [-0.1, -0.05) is 23.7 Å². The molecule has 6 heteroatoms. The third kappa shape index (κ3) is 5.96. The Morgan fingerprint density at radius 2 is 1.88 bits per heavy atom. The molecular weight excluding hydrogens is 356 g/mol. The van der Waals surface area contributed by atoms with Crippen molar-refractivity contribution >= 4 is 29.3 Å². The smallest absolute Gasteiger partial charge is 0.230 e. The van der Waals surface area contributed by atoms with Crippen LogP contribution in [0.15, 0.2) is 53.4 Å². The number of ether oxygens (including phenoxy) is 1. The third-order valence-electron chi connectivity index (χ3n) is 3.91. The first-order valence-corrected chi connectivity index (χ1v) is 9.45. The predicted molar refractivity (Wildman–Crippen MR) is 104 cm³/mol. The summed E-state index contributed by atoms with van der Waals surface area (Å²) in [4.78, 5) is 14.4. The first-order chi connectivity index (χ1) is 12.0. The molecule has 2 N–H and O–H groups in total. The fraction of sp³-hybridized carbons (Fsp3) is 0.316. The SMILES string of the molecule is COc1ccc([C@H](CNC(=O)CSc2ccccc2Cl)[NH+](C)C)cc1. The van der Waals surface area contributed by atoms with Gasteiger partial charge < -0.3 is 15.0 Å². The van der Waals surface area contributed by atoms with Crippen LogP contribution in [0.2, 0.25) is 5.02 Å². The Morgan fingerprint density at radius 1 is 1.20 bits per heavy atom. The summed E-state index contributed by atoms with van der Waals surface area (Å²) < 4.78 is 5.20. The second kappa shape index (κ2) is 9.70. The highest BCUT2D eigenvalue weighted by Crippen LogP contribution is 2.26. The van der Waals surface area contributed by atoms with Gasteiger partial charge in [-0.15, -0.1) is 11.8 Å². The molecule has 0 aliphatic rings. The molecule has 134 valence electrons. The molecule has 0 spiro atoms. The largest absolute Gasteiger partial charge is 0.497 e. The van der Waals surface area contributed by atoms with Crippen LogP contribution in [-0.4, -0.2) is 39.4 Å². The van der Waals surface area contributed by atoms with E-state index < -0.39 is 0 Å². The fourth-order valence-corrected chi connectivity index (χ4v) is 3.53. The second-order valence-electron chi connectivity index (χ2n) is 5.93. The Kier molecular flexibility index (Phi) is 7.62. The zero-order valence-corrected chi connectivity index (χ0v) is 16.3. The highest BCUT2D eigenvalue weighted by atomic mass is 35.5. The van der Waals surface area contributed by atoms with Gasteiger partial charge in [-0.3, -0.25) is 4.79 Å². The van der Waals surface area contributed by atoms with Crippen LogP contribution in [-0.2, 0) is 4.79 Å². The zero-order chi connectivity index (χ0) is 18.2. The molecule has 4 nitrogen and oxygen atoms in total. The van der Waals surface area contributed by atoms with Gasteiger partial charge in [-0.25, -0.2) is 0 Å². The summed E-state index contributed by atoms with van der Waals surface area (Å²) in [7, 11) is 5.82.